The number of benzene rings is 3. The topological polar surface area (TPSA) is 59.1 Å². The summed E-state index contributed by atoms with van der Waals surface area (Å²) in [5, 5.41) is 10.3. The van der Waals surface area contributed by atoms with E-state index in [-0.39, 0.29) is 0 Å². The Bertz CT molecular complexity index is 1540. The Balaban J connectivity index is 1.56. The largest absolute Gasteiger partial charge is 0.379 e. The predicted molar refractivity (Wildman–Crippen MR) is 147 cm³/mol. The van der Waals surface area contributed by atoms with Gasteiger partial charge < -0.3 is 13.9 Å². The second-order valence-corrected chi connectivity index (χ2v) is 9.47. The Labute approximate surface area is 216 Å². The lowest BCUT2D eigenvalue weighted by atomic mass is 9.99. The zero-order valence-corrected chi connectivity index (χ0v) is 20.9. The van der Waals surface area contributed by atoms with Gasteiger partial charge in [0.1, 0.15) is 11.1 Å². The van der Waals surface area contributed by atoms with Crippen LogP contribution in [0.2, 0.25) is 0 Å². The van der Waals surface area contributed by atoms with Crippen LogP contribution in [0.25, 0.3) is 33.4 Å². The van der Waals surface area contributed by atoms with Crippen molar-refractivity contribution in [3.63, 3.8) is 0 Å². The molecule has 6 heteroatoms. The molecular weight excluding hydrogens is 458 g/mol. The molecule has 0 aliphatic carbocycles. The van der Waals surface area contributed by atoms with Crippen molar-refractivity contribution in [3.05, 3.63) is 108 Å². The van der Waals surface area contributed by atoms with Crippen LogP contribution in [0.4, 0.5) is 0 Å². The number of nitrogens with one attached hydrogen (secondary N) is 1. The van der Waals surface area contributed by atoms with Crippen molar-refractivity contribution in [2.24, 2.45) is 0 Å². The van der Waals surface area contributed by atoms with Gasteiger partial charge in [-0.2, -0.15) is 0 Å². The first kappa shape index (κ1) is 23.4. The van der Waals surface area contributed by atoms with E-state index in [2.05, 4.69) is 82.3 Å². The van der Waals surface area contributed by atoms with Crippen LogP contribution in [0.3, 0.4) is 0 Å². The highest BCUT2D eigenvalue weighted by atomic mass is 16.5. The van der Waals surface area contributed by atoms with Gasteiger partial charge in [0.2, 0.25) is 0 Å². The molecule has 2 aromatic heterocycles. The first-order chi connectivity index (χ1) is 18.3. The SMILES string of the molecule is N=c1c2c(-c3ccccc3)c(-c3ccccc3)n(Cc3ccccc3)c2ncn1CCN1CCOCC1. The van der Waals surface area contributed by atoms with E-state index >= 15 is 0 Å². The fraction of sp³-hybridized carbons (Fsp3) is 0.226. The van der Waals surface area contributed by atoms with Crippen LogP contribution in [-0.4, -0.2) is 51.9 Å². The maximum Gasteiger partial charge on any atom is 0.146 e. The lowest BCUT2D eigenvalue weighted by Crippen LogP contribution is -2.39. The zero-order valence-electron chi connectivity index (χ0n) is 20.9. The maximum atomic E-state index is 9.37. The lowest BCUT2D eigenvalue weighted by molar-refractivity contribution is 0.0362. The minimum absolute atomic E-state index is 0.501. The Kier molecular flexibility index (Phi) is 6.67. The van der Waals surface area contributed by atoms with Crippen LogP contribution in [0.15, 0.2) is 97.3 Å². The van der Waals surface area contributed by atoms with Gasteiger partial charge in [0.15, 0.2) is 0 Å². The molecule has 6 rings (SSSR count). The minimum atomic E-state index is 0.501. The normalized spacial score (nSPS) is 14.3. The molecular formula is C31H31N5O. The molecule has 0 amide bonds. The second-order valence-electron chi connectivity index (χ2n) is 9.47. The first-order valence-corrected chi connectivity index (χ1v) is 12.9. The molecule has 6 nitrogen and oxygen atoms in total. The van der Waals surface area contributed by atoms with Gasteiger partial charge in [0.05, 0.1) is 30.6 Å². The Morgan fingerprint density at radius 3 is 2.05 bits per heavy atom. The van der Waals surface area contributed by atoms with Crippen LogP contribution >= 0.6 is 0 Å². The summed E-state index contributed by atoms with van der Waals surface area (Å²) in [5.74, 6) is 0. The number of hydrogen-bond acceptors (Lipinski definition) is 4. The second kappa shape index (κ2) is 10.5. The van der Waals surface area contributed by atoms with Gasteiger partial charge >= 0.3 is 0 Å². The summed E-state index contributed by atoms with van der Waals surface area (Å²) in [4.78, 5) is 7.39. The van der Waals surface area contributed by atoms with Gasteiger partial charge in [-0.05, 0) is 16.7 Å². The summed E-state index contributed by atoms with van der Waals surface area (Å²) in [7, 11) is 0. The summed E-state index contributed by atoms with van der Waals surface area (Å²) in [5.41, 5.74) is 6.92. The molecule has 5 aromatic rings. The van der Waals surface area contributed by atoms with Crippen LogP contribution in [-0.2, 0) is 17.8 Å². The summed E-state index contributed by atoms with van der Waals surface area (Å²) >= 11 is 0. The Morgan fingerprint density at radius 2 is 1.38 bits per heavy atom. The molecule has 3 heterocycles. The third kappa shape index (κ3) is 4.73. The zero-order chi connectivity index (χ0) is 25.0. The Morgan fingerprint density at radius 1 is 0.757 bits per heavy atom. The summed E-state index contributed by atoms with van der Waals surface area (Å²) < 4.78 is 9.78. The van der Waals surface area contributed by atoms with E-state index in [9.17, 15) is 5.41 Å². The number of nitrogens with zero attached hydrogens (tertiary/aromatic N) is 4. The van der Waals surface area contributed by atoms with Crippen molar-refractivity contribution < 1.29 is 4.74 Å². The number of aromatic nitrogens is 3. The van der Waals surface area contributed by atoms with Crippen molar-refractivity contribution in [1.29, 1.82) is 5.41 Å². The molecule has 1 fully saturated rings. The van der Waals surface area contributed by atoms with Crippen molar-refractivity contribution in [3.8, 4) is 22.4 Å². The van der Waals surface area contributed by atoms with Crippen molar-refractivity contribution in [1.82, 2.24) is 19.0 Å². The van der Waals surface area contributed by atoms with E-state index in [1.54, 1.807) is 0 Å². The fourth-order valence-corrected chi connectivity index (χ4v) is 5.24. The molecule has 0 saturated carbocycles. The highest BCUT2D eigenvalue weighted by Crippen LogP contribution is 2.39. The third-order valence-corrected chi connectivity index (χ3v) is 7.13. The minimum Gasteiger partial charge on any atom is -0.379 e. The third-order valence-electron chi connectivity index (χ3n) is 7.13. The highest BCUT2D eigenvalue weighted by Gasteiger charge is 2.23. The van der Waals surface area contributed by atoms with Crippen LogP contribution < -0.4 is 5.49 Å². The molecule has 1 aliphatic rings. The van der Waals surface area contributed by atoms with E-state index in [0.29, 0.717) is 12.0 Å². The van der Waals surface area contributed by atoms with Crippen LogP contribution in [0.5, 0.6) is 0 Å². The number of rotatable bonds is 7. The van der Waals surface area contributed by atoms with Crippen LogP contribution in [0.1, 0.15) is 5.56 Å². The molecule has 37 heavy (non-hydrogen) atoms. The summed E-state index contributed by atoms with van der Waals surface area (Å²) in [6.45, 7) is 5.70. The standard InChI is InChI=1S/C31H31N5O/c32-30-28-27(25-12-6-2-7-13-25)29(26-14-8-3-9-15-26)36(22-24-10-4-1-5-11-24)31(28)33-23-35(30)17-16-34-18-20-37-21-19-34/h1-15,23,32H,16-22H2. The molecule has 0 radical (unpaired) electrons. The average molecular weight is 490 g/mol. The first-order valence-electron chi connectivity index (χ1n) is 12.9. The van der Waals surface area contributed by atoms with Crippen molar-refractivity contribution in [2.75, 3.05) is 32.8 Å². The number of morpholine rings is 1. The van der Waals surface area contributed by atoms with E-state index in [4.69, 9.17) is 9.72 Å². The van der Waals surface area contributed by atoms with Gasteiger partial charge in [0.25, 0.3) is 0 Å². The van der Waals surface area contributed by atoms with Crippen molar-refractivity contribution >= 4 is 11.0 Å². The van der Waals surface area contributed by atoms with Gasteiger partial charge in [0, 0.05) is 38.3 Å². The highest BCUT2D eigenvalue weighted by molar-refractivity contribution is 6.02. The van der Waals surface area contributed by atoms with Gasteiger partial charge in [-0.3, -0.25) is 10.3 Å². The van der Waals surface area contributed by atoms with Crippen LogP contribution in [0, 0.1) is 5.41 Å². The molecule has 1 aliphatic heterocycles. The van der Waals surface area contributed by atoms with E-state index in [0.717, 1.165) is 72.8 Å². The number of hydrogen-bond donors (Lipinski definition) is 1. The maximum absolute atomic E-state index is 9.37. The van der Waals surface area contributed by atoms with Crippen molar-refractivity contribution in [2.45, 2.75) is 13.1 Å². The molecule has 1 saturated heterocycles. The number of ether oxygens (including phenoxy) is 1. The quantitative estimate of drug-likeness (QED) is 0.349. The monoisotopic (exact) mass is 489 g/mol. The molecule has 0 atom stereocenters. The van der Waals surface area contributed by atoms with E-state index < -0.39 is 0 Å². The predicted octanol–water partition coefficient (Wildman–Crippen LogP) is 5.03. The van der Waals surface area contributed by atoms with Gasteiger partial charge in [-0.1, -0.05) is 91.0 Å². The molecule has 186 valence electrons. The molecule has 0 unspecified atom stereocenters. The molecule has 3 aromatic carbocycles. The number of fused-ring (bicyclic) bond motifs is 1. The van der Waals surface area contributed by atoms with E-state index in [1.165, 1.54) is 5.56 Å². The van der Waals surface area contributed by atoms with Gasteiger partial charge in [-0.15, -0.1) is 0 Å². The summed E-state index contributed by atoms with van der Waals surface area (Å²) in [6.07, 6.45) is 1.84. The summed E-state index contributed by atoms with van der Waals surface area (Å²) in [6, 6.07) is 31.4. The molecule has 0 spiro atoms. The van der Waals surface area contributed by atoms with E-state index in [1.807, 2.05) is 29.1 Å². The Hall–Kier alpha value is -4.00. The average Bonchev–Trinajstić information content (AvgIpc) is 3.29. The van der Waals surface area contributed by atoms with Gasteiger partial charge in [-0.25, -0.2) is 4.98 Å². The molecule has 0 bridgehead atoms. The molecule has 1 N–H and O–H groups in total. The lowest BCUT2D eigenvalue weighted by Gasteiger charge is -2.26. The smallest absolute Gasteiger partial charge is 0.146 e. The fourth-order valence-electron chi connectivity index (χ4n) is 5.24.